The van der Waals surface area contributed by atoms with Crippen molar-refractivity contribution in [2.45, 2.75) is 0 Å². The van der Waals surface area contributed by atoms with Gasteiger partial charge in [-0.2, -0.15) is 5.26 Å². The van der Waals surface area contributed by atoms with Crippen LogP contribution in [-0.4, -0.2) is 14.8 Å². The number of aromatic nitrogens is 1. The Hall–Kier alpha value is -4.10. The first kappa shape index (κ1) is 18.7. The van der Waals surface area contributed by atoms with Gasteiger partial charge >= 0.3 is 0 Å². The van der Waals surface area contributed by atoms with Crippen molar-refractivity contribution in [1.29, 1.82) is 5.26 Å². The van der Waals surface area contributed by atoms with Crippen LogP contribution in [0.15, 0.2) is 60.1 Å². The Labute approximate surface area is 162 Å². The predicted octanol–water partition coefficient (Wildman–Crippen LogP) is 4.60. The lowest BCUT2D eigenvalue weighted by Crippen LogP contribution is -1.92. The number of hydrogen-bond donors (Lipinski definition) is 1. The molecule has 3 aromatic rings. The lowest BCUT2D eigenvalue weighted by atomic mass is 10.1. The van der Waals surface area contributed by atoms with Crippen molar-refractivity contribution in [3.05, 3.63) is 85.3 Å². The second-order valence-corrected chi connectivity index (χ2v) is 6.32. The van der Waals surface area contributed by atoms with Crippen LogP contribution in [0, 0.1) is 31.6 Å². The topological polar surface area (TPSA) is 135 Å². The maximum Gasteiger partial charge on any atom is 0.269 e. The Morgan fingerprint density at radius 3 is 2.14 bits per heavy atom. The average molecular weight is 393 g/mol. The summed E-state index contributed by atoms with van der Waals surface area (Å²) in [5.41, 5.74) is 2.15. The first-order valence-electron chi connectivity index (χ1n) is 7.80. The molecule has 0 saturated heterocycles. The zero-order chi connectivity index (χ0) is 20.1. The Morgan fingerprint density at radius 1 is 1.04 bits per heavy atom. The van der Waals surface area contributed by atoms with E-state index in [-0.39, 0.29) is 16.9 Å². The highest BCUT2D eigenvalue weighted by atomic mass is 32.1. The van der Waals surface area contributed by atoms with Crippen LogP contribution in [-0.2, 0) is 0 Å². The second-order valence-electron chi connectivity index (χ2n) is 5.46. The van der Waals surface area contributed by atoms with Gasteiger partial charge in [-0.05, 0) is 24.3 Å². The summed E-state index contributed by atoms with van der Waals surface area (Å²) in [6.07, 6.45) is 1.47. The van der Waals surface area contributed by atoms with E-state index in [4.69, 9.17) is 0 Å². The van der Waals surface area contributed by atoms with Crippen molar-refractivity contribution in [3.63, 3.8) is 0 Å². The molecule has 1 heterocycles. The summed E-state index contributed by atoms with van der Waals surface area (Å²) in [5.74, 6) is 0. The summed E-state index contributed by atoms with van der Waals surface area (Å²) in [4.78, 5) is 24.8. The first-order valence-corrected chi connectivity index (χ1v) is 8.68. The summed E-state index contributed by atoms with van der Waals surface area (Å²) in [7, 11) is 0. The largest absolute Gasteiger partial charge is 0.360 e. The number of benzene rings is 2. The van der Waals surface area contributed by atoms with Gasteiger partial charge < -0.3 is 5.32 Å². The SMILES string of the molecule is N#C/C(=C\Nc1ccc([N+](=O)[O-])cc1)c1nc(-c2ccc([N+](=O)[O-])cc2)cs1. The van der Waals surface area contributed by atoms with Gasteiger partial charge in [-0.1, -0.05) is 0 Å². The molecule has 0 saturated carbocycles. The molecule has 0 unspecified atom stereocenters. The smallest absolute Gasteiger partial charge is 0.269 e. The van der Waals surface area contributed by atoms with Crippen LogP contribution in [0.2, 0.25) is 0 Å². The average Bonchev–Trinajstić information content (AvgIpc) is 3.19. The van der Waals surface area contributed by atoms with E-state index < -0.39 is 9.85 Å². The van der Waals surface area contributed by atoms with Crippen LogP contribution < -0.4 is 5.32 Å². The minimum atomic E-state index is -0.490. The van der Waals surface area contributed by atoms with Gasteiger partial charge in [0.2, 0.25) is 0 Å². The van der Waals surface area contributed by atoms with Crippen molar-refractivity contribution in [2.24, 2.45) is 0 Å². The van der Waals surface area contributed by atoms with Gasteiger partial charge in [-0.3, -0.25) is 20.2 Å². The van der Waals surface area contributed by atoms with E-state index in [1.54, 1.807) is 17.5 Å². The molecular weight excluding hydrogens is 382 g/mol. The van der Waals surface area contributed by atoms with Crippen LogP contribution in [0.25, 0.3) is 16.8 Å². The van der Waals surface area contributed by atoms with E-state index in [0.717, 1.165) is 0 Å². The van der Waals surface area contributed by atoms with Gasteiger partial charge in [0.15, 0.2) is 0 Å². The third-order valence-corrected chi connectivity index (χ3v) is 4.57. The molecule has 0 amide bonds. The number of nitrogens with zero attached hydrogens (tertiary/aromatic N) is 4. The Morgan fingerprint density at radius 2 is 1.61 bits per heavy atom. The number of hydrogen-bond acceptors (Lipinski definition) is 8. The Bertz CT molecular complexity index is 1100. The standard InChI is InChI=1S/C18H11N5O4S/c19-9-13(10-20-14-3-7-16(8-4-14)23(26)27)18-21-17(11-28-18)12-1-5-15(6-2-12)22(24)25/h1-8,10-11,20H/b13-10+. The van der Waals surface area contributed by atoms with Crippen LogP contribution >= 0.6 is 11.3 Å². The highest BCUT2D eigenvalue weighted by molar-refractivity contribution is 7.11. The summed E-state index contributed by atoms with van der Waals surface area (Å²) < 4.78 is 0. The lowest BCUT2D eigenvalue weighted by Gasteiger charge is -2.01. The molecule has 0 aliphatic heterocycles. The van der Waals surface area contributed by atoms with Crippen molar-refractivity contribution in [2.75, 3.05) is 5.32 Å². The number of anilines is 1. The van der Waals surface area contributed by atoms with E-state index in [1.165, 1.54) is 53.9 Å². The number of thiazole rings is 1. The third-order valence-electron chi connectivity index (χ3n) is 3.69. The summed E-state index contributed by atoms with van der Waals surface area (Å²) >= 11 is 1.26. The van der Waals surface area contributed by atoms with Crippen LogP contribution in [0.1, 0.15) is 5.01 Å². The van der Waals surface area contributed by atoms with Gasteiger partial charge in [-0.25, -0.2) is 4.98 Å². The maximum atomic E-state index is 10.7. The van der Waals surface area contributed by atoms with Crippen LogP contribution in [0.3, 0.4) is 0 Å². The number of rotatable bonds is 6. The van der Waals surface area contributed by atoms with E-state index in [0.29, 0.717) is 22.0 Å². The summed E-state index contributed by atoms with van der Waals surface area (Å²) in [5, 5.41) is 35.9. The number of nitro benzene ring substituents is 2. The zero-order valence-corrected chi connectivity index (χ0v) is 14.9. The third kappa shape index (κ3) is 4.17. The Kier molecular flexibility index (Phi) is 5.38. The highest BCUT2D eigenvalue weighted by Gasteiger charge is 2.11. The summed E-state index contributed by atoms with van der Waals surface area (Å²) in [6.45, 7) is 0. The minimum absolute atomic E-state index is 0.0101. The first-order chi connectivity index (χ1) is 13.5. The van der Waals surface area contributed by atoms with Crippen molar-refractivity contribution >= 4 is 34.0 Å². The second kappa shape index (κ2) is 8.07. The molecule has 138 valence electrons. The number of allylic oxidation sites excluding steroid dienone is 1. The van der Waals surface area contributed by atoms with Crippen molar-refractivity contribution in [3.8, 4) is 17.3 Å². The maximum absolute atomic E-state index is 10.7. The molecule has 0 aliphatic carbocycles. The normalized spacial score (nSPS) is 10.9. The van der Waals surface area contributed by atoms with E-state index in [2.05, 4.69) is 16.4 Å². The number of nitrogens with one attached hydrogen (secondary N) is 1. The molecule has 0 radical (unpaired) electrons. The number of non-ortho nitro benzene ring substituents is 2. The van der Waals surface area contributed by atoms with Crippen LogP contribution in [0.5, 0.6) is 0 Å². The molecule has 0 spiro atoms. The van der Waals surface area contributed by atoms with Gasteiger partial charge in [-0.15, -0.1) is 11.3 Å². The molecule has 1 aromatic heterocycles. The van der Waals surface area contributed by atoms with E-state index >= 15 is 0 Å². The predicted molar refractivity (Wildman–Crippen MR) is 105 cm³/mol. The lowest BCUT2D eigenvalue weighted by molar-refractivity contribution is -0.385. The molecule has 10 heteroatoms. The number of nitriles is 1. The molecule has 0 aliphatic rings. The van der Waals surface area contributed by atoms with Crippen LogP contribution in [0.4, 0.5) is 17.1 Å². The quantitative estimate of drug-likeness (QED) is 0.367. The molecule has 0 atom stereocenters. The highest BCUT2D eigenvalue weighted by Crippen LogP contribution is 2.27. The van der Waals surface area contributed by atoms with Gasteiger partial charge in [0.05, 0.1) is 15.5 Å². The molecule has 1 N–H and O–H groups in total. The minimum Gasteiger partial charge on any atom is -0.360 e. The van der Waals surface area contributed by atoms with E-state index in [1.807, 2.05) is 0 Å². The van der Waals surface area contributed by atoms with Crippen molar-refractivity contribution < 1.29 is 9.85 Å². The van der Waals surface area contributed by atoms with Gasteiger partial charge in [0, 0.05) is 47.1 Å². The molecule has 28 heavy (non-hydrogen) atoms. The monoisotopic (exact) mass is 393 g/mol. The fourth-order valence-electron chi connectivity index (χ4n) is 2.26. The molecule has 0 bridgehead atoms. The molecular formula is C18H11N5O4S. The van der Waals surface area contributed by atoms with Gasteiger partial charge in [0.25, 0.3) is 11.4 Å². The Balaban J connectivity index is 1.78. The van der Waals surface area contributed by atoms with Gasteiger partial charge in [0.1, 0.15) is 16.6 Å². The molecule has 0 fully saturated rings. The molecule has 9 nitrogen and oxygen atoms in total. The number of nitro groups is 2. The van der Waals surface area contributed by atoms with E-state index in [9.17, 15) is 25.5 Å². The fraction of sp³-hybridized carbons (Fsp3) is 0. The molecule has 2 aromatic carbocycles. The fourth-order valence-corrected chi connectivity index (χ4v) is 3.06. The zero-order valence-electron chi connectivity index (χ0n) is 14.1. The van der Waals surface area contributed by atoms with Crippen molar-refractivity contribution in [1.82, 2.24) is 4.98 Å². The summed E-state index contributed by atoms with van der Waals surface area (Å²) in [6, 6.07) is 13.8. The molecule has 3 rings (SSSR count).